The fourth-order valence-electron chi connectivity index (χ4n) is 2.92. The third kappa shape index (κ3) is 4.72. The number of amides is 1. The molecule has 9 nitrogen and oxygen atoms in total. The van der Waals surface area contributed by atoms with Gasteiger partial charge in [-0.25, -0.2) is 22.0 Å². The van der Waals surface area contributed by atoms with E-state index in [1.165, 1.54) is 12.1 Å². The number of thiophene rings is 1. The zero-order chi connectivity index (χ0) is 22.1. The molecule has 1 aliphatic rings. The zero-order valence-corrected chi connectivity index (χ0v) is 18.8. The third-order valence-corrected chi connectivity index (χ3v) is 8.66. The summed E-state index contributed by atoms with van der Waals surface area (Å²) in [7, 11) is -7.50. The zero-order valence-electron chi connectivity index (χ0n) is 16.3. The van der Waals surface area contributed by atoms with E-state index in [9.17, 15) is 21.6 Å². The number of primary sulfonamides is 1. The maximum atomic E-state index is 12.8. The van der Waals surface area contributed by atoms with E-state index in [2.05, 4.69) is 15.0 Å². The van der Waals surface area contributed by atoms with Crippen LogP contribution in [0.3, 0.4) is 0 Å². The van der Waals surface area contributed by atoms with Gasteiger partial charge in [-0.05, 0) is 30.2 Å². The average molecular weight is 471 g/mol. The van der Waals surface area contributed by atoms with Gasteiger partial charge in [0.2, 0.25) is 15.9 Å². The molecule has 4 N–H and O–H groups in total. The topological polar surface area (TPSA) is 148 Å². The first kappa shape index (κ1) is 22.4. The Balaban J connectivity index is 1.82. The number of carbonyl (C=O) groups excluding carboxylic acids is 1. The number of nitrogens with two attached hydrogens (primary N) is 1. The highest BCUT2D eigenvalue weighted by molar-refractivity contribution is 7.91. The van der Waals surface area contributed by atoms with Gasteiger partial charge in [0.05, 0.1) is 11.4 Å². The standard InChI is InChI=1S/C18H22N4O5S3/c1-3-11(2)16(18(23)20-10-12-8-9-15(28-12)29(19,24)25)21-17-13-6-4-5-7-14(13)30(26,27)22-17/h4-9,11,16H,3,10H2,1-2H3,(H,20,23)(H,21,22)(H2,19,24,25)/t11-,16-/m0/s1. The van der Waals surface area contributed by atoms with Crippen molar-refractivity contribution in [3.8, 4) is 0 Å². The van der Waals surface area contributed by atoms with Crippen molar-refractivity contribution >= 4 is 43.1 Å². The fourth-order valence-corrected chi connectivity index (χ4v) is 5.88. The number of fused-ring (bicyclic) bond motifs is 1. The fraction of sp³-hybridized carbons (Fsp3) is 0.333. The van der Waals surface area contributed by atoms with Gasteiger partial charge in [0.1, 0.15) is 16.1 Å². The Bertz CT molecular complexity index is 1200. The Labute approximate surface area is 179 Å². The number of hydrogen-bond acceptors (Lipinski definition) is 7. The van der Waals surface area contributed by atoms with Crippen molar-refractivity contribution in [1.29, 1.82) is 0 Å². The first-order chi connectivity index (χ1) is 14.0. The summed E-state index contributed by atoms with van der Waals surface area (Å²) in [4.78, 5) is 18.0. The molecular formula is C18H22N4O5S3. The van der Waals surface area contributed by atoms with E-state index in [1.807, 2.05) is 13.8 Å². The molecule has 2 atom stereocenters. The number of aliphatic imine (C=N–C) groups is 1. The molecule has 12 heteroatoms. The van der Waals surface area contributed by atoms with Gasteiger partial charge in [0, 0.05) is 10.4 Å². The average Bonchev–Trinajstić information content (AvgIpc) is 3.27. The van der Waals surface area contributed by atoms with E-state index in [4.69, 9.17) is 5.14 Å². The van der Waals surface area contributed by atoms with E-state index >= 15 is 0 Å². The highest BCUT2D eigenvalue weighted by Crippen LogP contribution is 2.24. The molecule has 0 fully saturated rings. The number of benzene rings is 1. The summed E-state index contributed by atoms with van der Waals surface area (Å²) in [6.07, 6.45) is 0.651. The number of carbonyl (C=O) groups is 1. The minimum absolute atomic E-state index is 0.0161. The van der Waals surface area contributed by atoms with Gasteiger partial charge in [-0.1, -0.05) is 32.4 Å². The predicted octanol–water partition coefficient (Wildman–Crippen LogP) is 1.17. The van der Waals surface area contributed by atoms with E-state index in [0.29, 0.717) is 16.9 Å². The third-order valence-electron chi connectivity index (χ3n) is 4.74. The first-order valence-corrected chi connectivity index (χ1v) is 13.0. The largest absolute Gasteiger partial charge is 0.349 e. The van der Waals surface area contributed by atoms with Crippen LogP contribution in [0.4, 0.5) is 0 Å². The minimum atomic E-state index is -3.79. The van der Waals surface area contributed by atoms with Crippen LogP contribution >= 0.6 is 11.3 Å². The summed E-state index contributed by atoms with van der Waals surface area (Å²) in [5.74, 6) is -0.400. The molecule has 0 saturated carbocycles. The summed E-state index contributed by atoms with van der Waals surface area (Å²) in [5, 5.41) is 7.86. The van der Waals surface area contributed by atoms with Crippen molar-refractivity contribution < 1.29 is 21.6 Å². The molecule has 1 amide bonds. The van der Waals surface area contributed by atoms with Gasteiger partial charge in [0.15, 0.2) is 0 Å². The molecular weight excluding hydrogens is 448 g/mol. The van der Waals surface area contributed by atoms with Crippen molar-refractivity contribution in [2.45, 2.75) is 42.0 Å². The molecule has 1 aromatic heterocycles. The number of nitrogens with zero attached hydrogens (tertiary/aromatic N) is 1. The molecule has 2 aromatic rings. The van der Waals surface area contributed by atoms with Gasteiger partial charge in [-0.2, -0.15) is 0 Å². The lowest BCUT2D eigenvalue weighted by Gasteiger charge is -2.19. The second-order valence-corrected chi connectivity index (χ2v) is 11.5. The molecule has 1 aliphatic heterocycles. The number of sulfonamides is 2. The van der Waals surface area contributed by atoms with Crippen LogP contribution in [0, 0.1) is 5.92 Å². The highest BCUT2D eigenvalue weighted by Gasteiger charge is 2.33. The van der Waals surface area contributed by atoms with Gasteiger partial charge in [-0.3, -0.25) is 14.5 Å². The Morgan fingerprint density at radius 2 is 1.97 bits per heavy atom. The molecule has 0 saturated heterocycles. The monoisotopic (exact) mass is 470 g/mol. The van der Waals surface area contributed by atoms with E-state index in [-0.39, 0.29) is 33.3 Å². The van der Waals surface area contributed by atoms with Crippen LogP contribution in [0.15, 0.2) is 50.5 Å². The molecule has 2 heterocycles. The molecule has 0 bridgehead atoms. The van der Waals surface area contributed by atoms with Gasteiger partial charge in [0.25, 0.3) is 10.0 Å². The van der Waals surface area contributed by atoms with Crippen LogP contribution in [0.2, 0.25) is 0 Å². The lowest BCUT2D eigenvalue weighted by Crippen LogP contribution is -2.38. The van der Waals surface area contributed by atoms with Crippen molar-refractivity contribution in [1.82, 2.24) is 10.0 Å². The van der Waals surface area contributed by atoms with Crippen LogP contribution in [-0.4, -0.2) is 34.6 Å². The number of amidine groups is 1. The molecule has 1 aromatic carbocycles. The Morgan fingerprint density at radius 3 is 2.60 bits per heavy atom. The van der Waals surface area contributed by atoms with E-state index < -0.39 is 26.1 Å². The van der Waals surface area contributed by atoms with Gasteiger partial charge < -0.3 is 5.32 Å². The highest BCUT2D eigenvalue weighted by atomic mass is 32.2. The predicted molar refractivity (Wildman–Crippen MR) is 114 cm³/mol. The van der Waals surface area contributed by atoms with E-state index in [0.717, 1.165) is 11.3 Å². The summed E-state index contributed by atoms with van der Waals surface area (Å²) in [6, 6.07) is 8.59. The maximum absolute atomic E-state index is 12.8. The van der Waals surface area contributed by atoms with Crippen molar-refractivity contribution in [2.75, 3.05) is 0 Å². The van der Waals surface area contributed by atoms with Crippen LogP contribution in [0.1, 0.15) is 30.7 Å². The molecule has 30 heavy (non-hydrogen) atoms. The van der Waals surface area contributed by atoms with Crippen molar-refractivity contribution in [3.05, 3.63) is 46.8 Å². The van der Waals surface area contributed by atoms with Crippen LogP contribution in [0.5, 0.6) is 0 Å². The quantitative estimate of drug-likeness (QED) is 0.555. The second-order valence-electron chi connectivity index (χ2n) is 6.89. The molecule has 0 radical (unpaired) electrons. The normalized spacial score (nSPS) is 18.4. The first-order valence-electron chi connectivity index (χ1n) is 9.12. The van der Waals surface area contributed by atoms with Gasteiger partial charge in [-0.15, -0.1) is 11.3 Å². The van der Waals surface area contributed by atoms with Crippen molar-refractivity contribution in [3.63, 3.8) is 0 Å². The summed E-state index contributed by atoms with van der Waals surface area (Å²) >= 11 is 0.976. The molecule has 0 unspecified atom stereocenters. The van der Waals surface area contributed by atoms with Gasteiger partial charge >= 0.3 is 0 Å². The van der Waals surface area contributed by atoms with Crippen LogP contribution in [0.25, 0.3) is 0 Å². The van der Waals surface area contributed by atoms with Crippen LogP contribution < -0.4 is 15.2 Å². The Hall–Kier alpha value is -2.28. The lowest BCUT2D eigenvalue weighted by atomic mass is 9.98. The smallest absolute Gasteiger partial charge is 0.263 e. The minimum Gasteiger partial charge on any atom is -0.349 e. The molecule has 3 rings (SSSR count). The number of nitrogens with one attached hydrogen (secondary N) is 2. The Morgan fingerprint density at radius 1 is 1.27 bits per heavy atom. The van der Waals surface area contributed by atoms with E-state index in [1.54, 1.807) is 24.3 Å². The Kier molecular flexibility index (Phi) is 6.32. The second kappa shape index (κ2) is 8.46. The summed E-state index contributed by atoms with van der Waals surface area (Å²) < 4.78 is 49.8. The lowest BCUT2D eigenvalue weighted by molar-refractivity contribution is -0.123. The molecule has 0 spiro atoms. The summed E-state index contributed by atoms with van der Waals surface area (Å²) in [5.41, 5.74) is 0.426. The van der Waals surface area contributed by atoms with Crippen molar-refractivity contribution in [2.24, 2.45) is 16.0 Å². The number of rotatable bonds is 7. The SMILES string of the molecule is CC[C@H](C)[C@H](N=C1NS(=O)(=O)c2ccccc21)C(=O)NCc1ccc(S(N)(=O)=O)s1. The summed E-state index contributed by atoms with van der Waals surface area (Å²) in [6.45, 7) is 3.88. The van der Waals surface area contributed by atoms with Crippen LogP contribution in [-0.2, 0) is 31.4 Å². The number of hydrogen-bond donors (Lipinski definition) is 3. The molecule has 162 valence electrons. The molecule has 0 aliphatic carbocycles. The maximum Gasteiger partial charge on any atom is 0.263 e.